The number of anilines is 2. The molecule has 0 aliphatic carbocycles. The number of aryl methyl sites for hydroxylation is 1. The Bertz CT molecular complexity index is 1210. The number of hydrogen-bond donors (Lipinski definition) is 4. The van der Waals surface area contributed by atoms with Crippen LogP contribution in [0.15, 0.2) is 16.5 Å². The summed E-state index contributed by atoms with van der Waals surface area (Å²) in [5, 5.41) is 33.9. The van der Waals surface area contributed by atoms with E-state index in [1.165, 1.54) is 6.92 Å². The SMILES string of the molecule is Cc1cc(CN2CCN(C(=O)O)[C@@](C)(C(C)C)C2)c(C)c(Nc2nnc([C@@H](NC(=O)OC(C)(C)C)[C@@H](C)O)o2)c1. The van der Waals surface area contributed by atoms with E-state index in [-0.39, 0.29) is 17.8 Å². The number of alkyl carbamates (subject to hydrolysis) is 1. The largest absolute Gasteiger partial charge is 0.465 e. The monoisotopic (exact) mass is 560 g/mol. The fraction of sp³-hybridized carbons (Fsp3) is 0.643. The van der Waals surface area contributed by atoms with Crippen LogP contribution in [0.25, 0.3) is 0 Å². The van der Waals surface area contributed by atoms with Gasteiger partial charge in [-0.2, -0.15) is 0 Å². The van der Waals surface area contributed by atoms with Gasteiger partial charge in [0.2, 0.25) is 5.89 Å². The lowest BCUT2D eigenvalue weighted by molar-refractivity contribution is -0.0121. The highest BCUT2D eigenvalue weighted by Gasteiger charge is 2.43. The molecule has 1 saturated heterocycles. The molecular weight excluding hydrogens is 516 g/mol. The molecule has 0 unspecified atom stereocenters. The molecule has 1 aliphatic rings. The highest BCUT2D eigenvalue weighted by Crippen LogP contribution is 2.32. The van der Waals surface area contributed by atoms with Crippen LogP contribution < -0.4 is 10.6 Å². The van der Waals surface area contributed by atoms with E-state index in [1.54, 1.807) is 25.7 Å². The van der Waals surface area contributed by atoms with Crippen LogP contribution in [-0.2, 0) is 11.3 Å². The second kappa shape index (κ2) is 12.0. The van der Waals surface area contributed by atoms with Gasteiger partial charge in [0.05, 0.1) is 11.6 Å². The standard InChI is InChI=1S/C28H44N6O6/c1-16(2)28(9)15-33(10-11-34(28)26(37)38)14-20-12-17(3)13-21(18(20)4)29-24-32-31-23(39-24)22(19(5)35)30-25(36)40-27(6,7)8/h12-13,16,19,22,35H,10-11,14-15H2,1-9H3,(H,29,32)(H,30,36)(H,37,38)/t19-,22+,28-/m1/s1. The highest BCUT2D eigenvalue weighted by atomic mass is 16.6. The number of benzene rings is 1. The Balaban J connectivity index is 1.78. The maximum atomic E-state index is 12.3. The van der Waals surface area contributed by atoms with Gasteiger partial charge in [-0.15, -0.1) is 5.10 Å². The lowest BCUT2D eigenvalue weighted by atomic mass is 9.84. The molecule has 1 aliphatic heterocycles. The molecule has 0 bridgehead atoms. The van der Waals surface area contributed by atoms with Gasteiger partial charge < -0.3 is 34.9 Å². The molecule has 222 valence electrons. The topological polar surface area (TPSA) is 153 Å². The van der Waals surface area contributed by atoms with Crippen LogP contribution in [0.4, 0.5) is 21.3 Å². The summed E-state index contributed by atoms with van der Waals surface area (Å²) in [5.74, 6) is 0.197. The lowest BCUT2D eigenvalue weighted by Gasteiger charge is -2.50. The van der Waals surface area contributed by atoms with E-state index in [0.29, 0.717) is 26.2 Å². The second-order valence-electron chi connectivity index (χ2n) is 12.2. The van der Waals surface area contributed by atoms with E-state index in [0.717, 1.165) is 22.4 Å². The minimum Gasteiger partial charge on any atom is -0.465 e. The number of piperazine rings is 1. The molecule has 1 aromatic carbocycles. The molecule has 1 aromatic heterocycles. The average Bonchev–Trinajstić information content (AvgIpc) is 3.27. The minimum absolute atomic E-state index is 0.0400. The number of hydrogen-bond acceptors (Lipinski definition) is 9. The Morgan fingerprint density at radius 3 is 2.42 bits per heavy atom. The molecule has 2 heterocycles. The Morgan fingerprint density at radius 2 is 1.85 bits per heavy atom. The molecule has 0 saturated carbocycles. The lowest BCUT2D eigenvalue weighted by Crippen LogP contribution is -2.64. The van der Waals surface area contributed by atoms with Crippen molar-refractivity contribution < 1.29 is 29.0 Å². The molecule has 12 heteroatoms. The number of aromatic nitrogens is 2. The van der Waals surface area contributed by atoms with Crippen molar-refractivity contribution in [3.05, 3.63) is 34.7 Å². The zero-order valence-corrected chi connectivity index (χ0v) is 25.0. The van der Waals surface area contributed by atoms with Gasteiger partial charge in [-0.3, -0.25) is 4.90 Å². The van der Waals surface area contributed by atoms with Crippen LogP contribution in [0.2, 0.25) is 0 Å². The Kier molecular flexibility index (Phi) is 9.35. The van der Waals surface area contributed by atoms with Crippen molar-refractivity contribution in [1.82, 2.24) is 25.3 Å². The van der Waals surface area contributed by atoms with E-state index in [1.807, 2.05) is 26.8 Å². The number of carboxylic acid groups (broad SMARTS) is 1. The first-order valence-corrected chi connectivity index (χ1v) is 13.6. The van der Waals surface area contributed by atoms with Crippen molar-refractivity contribution in [3.8, 4) is 0 Å². The summed E-state index contributed by atoms with van der Waals surface area (Å²) in [5.41, 5.74) is 2.73. The minimum atomic E-state index is -1.01. The number of carbonyl (C=O) groups is 2. The average molecular weight is 561 g/mol. The zero-order valence-electron chi connectivity index (χ0n) is 25.0. The number of nitrogens with zero attached hydrogens (tertiary/aromatic N) is 4. The zero-order chi connectivity index (χ0) is 30.0. The van der Waals surface area contributed by atoms with Gasteiger partial charge in [-0.05, 0) is 77.1 Å². The second-order valence-corrected chi connectivity index (χ2v) is 12.2. The summed E-state index contributed by atoms with van der Waals surface area (Å²) < 4.78 is 11.1. The Morgan fingerprint density at radius 1 is 1.18 bits per heavy atom. The highest BCUT2D eigenvalue weighted by molar-refractivity contribution is 5.68. The fourth-order valence-electron chi connectivity index (χ4n) is 4.88. The van der Waals surface area contributed by atoms with E-state index in [2.05, 4.69) is 45.6 Å². The molecule has 3 atom stereocenters. The van der Waals surface area contributed by atoms with E-state index < -0.39 is 35.5 Å². The third-order valence-electron chi connectivity index (χ3n) is 7.43. The van der Waals surface area contributed by atoms with E-state index in [4.69, 9.17) is 9.15 Å². The number of aliphatic hydroxyl groups excluding tert-OH is 1. The van der Waals surface area contributed by atoms with Gasteiger partial charge in [-0.1, -0.05) is 25.0 Å². The molecule has 2 amide bonds. The summed E-state index contributed by atoms with van der Waals surface area (Å²) in [7, 11) is 0. The first-order chi connectivity index (χ1) is 18.5. The molecular formula is C28H44N6O6. The normalized spacial score (nSPS) is 19.8. The molecule has 0 radical (unpaired) electrons. The van der Waals surface area contributed by atoms with Gasteiger partial charge >= 0.3 is 18.2 Å². The van der Waals surface area contributed by atoms with Crippen LogP contribution in [0.5, 0.6) is 0 Å². The van der Waals surface area contributed by atoms with Gasteiger partial charge in [0.15, 0.2) is 0 Å². The van der Waals surface area contributed by atoms with Crippen molar-refractivity contribution in [2.45, 2.75) is 92.1 Å². The van der Waals surface area contributed by atoms with Crippen molar-refractivity contribution in [1.29, 1.82) is 0 Å². The quantitative estimate of drug-likeness (QED) is 0.361. The maximum absolute atomic E-state index is 12.3. The summed E-state index contributed by atoms with van der Waals surface area (Å²) in [6, 6.07) is 3.28. The van der Waals surface area contributed by atoms with Crippen LogP contribution >= 0.6 is 0 Å². The van der Waals surface area contributed by atoms with Gasteiger partial charge in [0, 0.05) is 31.9 Å². The van der Waals surface area contributed by atoms with E-state index in [9.17, 15) is 19.8 Å². The number of ether oxygens (including phenoxy) is 1. The summed E-state index contributed by atoms with van der Waals surface area (Å²) in [6.45, 7) is 19.3. The van der Waals surface area contributed by atoms with Gasteiger partial charge in [-0.25, -0.2) is 9.59 Å². The maximum Gasteiger partial charge on any atom is 0.408 e. The molecule has 4 N–H and O–H groups in total. The van der Waals surface area contributed by atoms with Gasteiger partial charge in [0.1, 0.15) is 11.6 Å². The number of carbonyl (C=O) groups excluding carboxylic acids is 1. The van der Waals surface area contributed by atoms with Crippen LogP contribution in [0.1, 0.15) is 77.1 Å². The number of nitrogens with one attached hydrogen (secondary N) is 2. The number of amides is 2. The van der Waals surface area contributed by atoms with Crippen LogP contribution in [-0.4, -0.2) is 79.3 Å². The smallest absolute Gasteiger partial charge is 0.408 e. The predicted octanol–water partition coefficient (Wildman–Crippen LogP) is 4.59. The molecule has 3 rings (SSSR count). The first-order valence-electron chi connectivity index (χ1n) is 13.6. The van der Waals surface area contributed by atoms with Crippen LogP contribution in [0, 0.1) is 19.8 Å². The number of rotatable bonds is 8. The Labute approximate surface area is 236 Å². The van der Waals surface area contributed by atoms with Crippen molar-refractivity contribution in [2.24, 2.45) is 5.92 Å². The molecule has 2 aromatic rings. The van der Waals surface area contributed by atoms with Crippen molar-refractivity contribution >= 4 is 23.9 Å². The number of aliphatic hydroxyl groups is 1. The predicted molar refractivity (Wildman–Crippen MR) is 151 cm³/mol. The van der Waals surface area contributed by atoms with Crippen LogP contribution in [0.3, 0.4) is 0 Å². The Hall–Kier alpha value is -3.38. The first kappa shape index (κ1) is 31.2. The molecule has 0 spiro atoms. The molecule has 40 heavy (non-hydrogen) atoms. The van der Waals surface area contributed by atoms with Gasteiger partial charge in [0.25, 0.3) is 0 Å². The van der Waals surface area contributed by atoms with E-state index >= 15 is 0 Å². The third kappa shape index (κ3) is 7.42. The van der Waals surface area contributed by atoms with Crippen molar-refractivity contribution in [2.75, 3.05) is 25.0 Å². The third-order valence-corrected chi connectivity index (χ3v) is 7.43. The molecule has 12 nitrogen and oxygen atoms in total. The van der Waals surface area contributed by atoms with Crippen molar-refractivity contribution in [3.63, 3.8) is 0 Å². The fourth-order valence-corrected chi connectivity index (χ4v) is 4.88. The summed E-state index contributed by atoms with van der Waals surface area (Å²) >= 11 is 0. The summed E-state index contributed by atoms with van der Waals surface area (Å²) in [6.07, 6.45) is -2.60. The summed E-state index contributed by atoms with van der Waals surface area (Å²) in [4.78, 5) is 28.0. The molecule has 1 fully saturated rings.